The number of rotatable bonds is 19. The summed E-state index contributed by atoms with van der Waals surface area (Å²) in [5, 5.41) is 18.6. The monoisotopic (exact) mass is 911 g/mol. The molecule has 330 valence electrons. The fourth-order valence-corrected chi connectivity index (χ4v) is 12.0. The van der Waals surface area contributed by atoms with Crippen LogP contribution < -0.4 is 19.7 Å². The molecular formula is C52H53N3O6S3. The van der Waals surface area contributed by atoms with Crippen molar-refractivity contribution in [1.29, 1.82) is 0 Å². The average Bonchev–Trinajstić information content (AvgIpc) is 4.04. The molecule has 3 aliphatic rings. The summed E-state index contributed by atoms with van der Waals surface area (Å²) in [5.41, 5.74) is 8.60. The second-order valence-electron chi connectivity index (χ2n) is 16.9. The van der Waals surface area contributed by atoms with E-state index in [4.69, 9.17) is 17.3 Å². The molecule has 0 spiro atoms. The predicted octanol–water partition coefficient (Wildman–Crippen LogP) is 10.2. The van der Waals surface area contributed by atoms with E-state index in [1.807, 2.05) is 24.3 Å². The van der Waals surface area contributed by atoms with Crippen molar-refractivity contribution in [3.8, 4) is 0 Å². The topological polar surface area (TPSA) is 120 Å². The van der Waals surface area contributed by atoms with Crippen LogP contribution in [0.15, 0.2) is 108 Å². The van der Waals surface area contributed by atoms with Crippen LogP contribution in [0.4, 0.5) is 11.4 Å². The van der Waals surface area contributed by atoms with Gasteiger partial charge in [-0.15, -0.1) is 11.3 Å². The molecule has 4 aromatic carbocycles. The third-order valence-corrected chi connectivity index (χ3v) is 15.2. The van der Waals surface area contributed by atoms with Crippen LogP contribution in [0.2, 0.25) is 0 Å². The van der Waals surface area contributed by atoms with Gasteiger partial charge < -0.3 is 15.1 Å². The number of thiocarbonyl (C=S) groups is 1. The maximum absolute atomic E-state index is 13.9. The third-order valence-electron chi connectivity index (χ3n) is 12.5. The van der Waals surface area contributed by atoms with Crippen molar-refractivity contribution in [1.82, 2.24) is 9.47 Å². The van der Waals surface area contributed by atoms with Gasteiger partial charge in [0.2, 0.25) is 0 Å². The first-order chi connectivity index (χ1) is 31.2. The molecule has 12 heteroatoms. The van der Waals surface area contributed by atoms with Gasteiger partial charge in [-0.1, -0.05) is 154 Å². The lowest BCUT2D eigenvalue weighted by Crippen LogP contribution is -2.35. The maximum Gasteiger partial charge on any atom is 0.323 e. The lowest BCUT2D eigenvalue weighted by atomic mass is 9.95. The molecule has 0 unspecified atom stereocenters. The van der Waals surface area contributed by atoms with Gasteiger partial charge in [0, 0.05) is 36.3 Å². The Morgan fingerprint density at radius 3 is 2.00 bits per heavy atom. The fraction of sp³-hybridized carbons (Fsp3) is 0.327. The predicted molar refractivity (Wildman–Crippen MR) is 263 cm³/mol. The zero-order valence-electron chi connectivity index (χ0n) is 35.8. The van der Waals surface area contributed by atoms with Crippen molar-refractivity contribution in [2.75, 3.05) is 11.4 Å². The second kappa shape index (κ2) is 21.0. The smallest absolute Gasteiger partial charge is 0.323 e. The minimum atomic E-state index is -1.16. The van der Waals surface area contributed by atoms with Gasteiger partial charge >= 0.3 is 11.9 Å². The number of nitrogens with zero attached hydrogens (tertiary/aromatic N) is 3. The Bertz CT molecular complexity index is 2690. The number of carboxylic acid groups (broad SMARTS) is 2. The zero-order valence-corrected chi connectivity index (χ0v) is 38.3. The second-order valence-corrected chi connectivity index (χ2v) is 19.5. The molecule has 3 heterocycles. The van der Waals surface area contributed by atoms with E-state index in [0.29, 0.717) is 36.9 Å². The van der Waals surface area contributed by atoms with Crippen LogP contribution in [0.25, 0.3) is 22.6 Å². The van der Waals surface area contributed by atoms with Crippen LogP contribution in [0, 0.1) is 0 Å². The van der Waals surface area contributed by atoms with Gasteiger partial charge in [0.15, 0.2) is 0 Å². The van der Waals surface area contributed by atoms with Crippen LogP contribution in [-0.2, 0) is 20.9 Å². The van der Waals surface area contributed by atoms with E-state index in [-0.39, 0.29) is 12.3 Å². The number of unbranched alkanes of at least 4 members (excludes halogenated alkanes) is 8. The number of anilines is 2. The molecule has 1 saturated carbocycles. The fourth-order valence-electron chi connectivity index (χ4n) is 9.39. The minimum Gasteiger partial charge on any atom is -0.481 e. The molecule has 1 aliphatic carbocycles. The highest BCUT2D eigenvalue weighted by molar-refractivity contribution is 8.30. The zero-order chi connectivity index (χ0) is 44.6. The van der Waals surface area contributed by atoms with Crippen LogP contribution in [0.3, 0.4) is 0 Å². The number of hydrogen-bond acceptors (Lipinski definition) is 8. The van der Waals surface area contributed by atoms with Gasteiger partial charge in [0.05, 0.1) is 4.53 Å². The number of amides is 1. The lowest BCUT2D eigenvalue weighted by molar-refractivity contribution is -0.138. The first-order valence-electron chi connectivity index (χ1n) is 22.4. The van der Waals surface area contributed by atoms with E-state index < -0.39 is 24.0 Å². The van der Waals surface area contributed by atoms with Crippen molar-refractivity contribution < 1.29 is 24.6 Å². The summed E-state index contributed by atoms with van der Waals surface area (Å²) >= 11 is 7.93. The van der Waals surface area contributed by atoms with E-state index in [9.17, 15) is 24.3 Å². The summed E-state index contributed by atoms with van der Waals surface area (Å²) in [7, 11) is 0. The first-order valence-corrected chi connectivity index (χ1v) is 24.5. The van der Waals surface area contributed by atoms with Crippen molar-refractivity contribution in [3.63, 3.8) is 0 Å². The number of benzene rings is 4. The highest BCUT2D eigenvalue weighted by atomic mass is 32.2. The van der Waals surface area contributed by atoms with Crippen molar-refractivity contribution in [2.45, 2.75) is 102 Å². The number of fused-ring (bicyclic) bond motifs is 3. The van der Waals surface area contributed by atoms with Crippen LogP contribution in [-0.4, -0.2) is 54.4 Å². The number of carbonyl (C=O) groups excluding carboxylic acids is 1. The summed E-state index contributed by atoms with van der Waals surface area (Å²) in [6, 6.07) is 36.5. The Morgan fingerprint density at radius 1 is 0.734 bits per heavy atom. The van der Waals surface area contributed by atoms with Gasteiger partial charge in [-0.2, -0.15) is 0 Å². The Labute approximate surface area is 387 Å². The van der Waals surface area contributed by atoms with E-state index in [0.717, 1.165) is 128 Å². The molecule has 2 N–H and O–H groups in total. The molecule has 1 amide bonds. The van der Waals surface area contributed by atoms with E-state index >= 15 is 0 Å². The number of hydrogen-bond donors (Lipinski definition) is 2. The molecule has 9 nitrogen and oxygen atoms in total. The highest BCUT2D eigenvalue weighted by Crippen LogP contribution is 2.52. The largest absolute Gasteiger partial charge is 0.481 e. The average molecular weight is 912 g/mol. The van der Waals surface area contributed by atoms with Crippen LogP contribution in [0.1, 0.15) is 117 Å². The summed E-state index contributed by atoms with van der Waals surface area (Å²) in [4.78, 5) is 54.8. The molecule has 8 rings (SSSR count). The molecule has 5 aromatic rings. The number of carboxylic acids is 2. The number of thioether (sulfide) groups is 1. The van der Waals surface area contributed by atoms with Crippen LogP contribution in [0.5, 0.6) is 0 Å². The molecule has 64 heavy (non-hydrogen) atoms. The third kappa shape index (κ3) is 10.4. The Hall–Kier alpha value is -5.56. The lowest BCUT2D eigenvalue weighted by Gasteiger charge is -2.27. The molecule has 2 atom stereocenters. The number of thiazole rings is 1. The minimum absolute atomic E-state index is 0.233. The molecule has 1 saturated heterocycles. The van der Waals surface area contributed by atoms with Gasteiger partial charge in [-0.05, 0) is 95.5 Å². The van der Waals surface area contributed by atoms with Crippen molar-refractivity contribution in [2.24, 2.45) is 0 Å². The molecule has 0 bridgehead atoms. The van der Waals surface area contributed by atoms with E-state index in [1.165, 1.54) is 21.4 Å². The van der Waals surface area contributed by atoms with Crippen molar-refractivity contribution >= 4 is 91.5 Å². The van der Waals surface area contributed by atoms with Crippen molar-refractivity contribution in [3.05, 3.63) is 150 Å². The van der Waals surface area contributed by atoms with Gasteiger partial charge in [-0.3, -0.25) is 28.6 Å². The van der Waals surface area contributed by atoms with Gasteiger partial charge in [0.25, 0.3) is 11.5 Å². The Balaban J connectivity index is 0.996. The quantitative estimate of drug-likeness (QED) is 0.0474. The maximum atomic E-state index is 13.9. The Morgan fingerprint density at radius 2 is 1.36 bits per heavy atom. The molecule has 1 aromatic heterocycles. The highest BCUT2D eigenvalue weighted by Gasteiger charge is 2.42. The number of aromatic nitrogens is 1. The van der Waals surface area contributed by atoms with Gasteiger partial charge in [0.1, 0.15) is 20.4 Å². The molecule has 2 fully saturated rings. The molecule has 0 radical (unpaired) electrons. The SMILES string of the molecule is O=C(O)CCCCCCCCCCCN1C(=O)/C(=c2\s/c(=C/c3ccc4c(c3)[C@H]3CCC[C@H]3N4c3ccc(C=C(c4ccccc4)c4ccccc4)cc3)c(=O)n2CC(=O)O)SC1=S. The van der Waals surface area contributed by atoms with E-state index in [2.05, 4.69) is 95.9 Å². The summed E-state index contributed by atoms with van der Waals surface area (Å²) in [6.07, 6.45) is 16.4. The summed E-state index contributed by atoms with van der Waals surface area (Å²) < 4.78 is 2.31. The van der Waals surface area contributed by atoms with Crippen LogP contribution >= 0.6 is 35.3 Å². The normalized spacial score (nSPS) is 17.8. The standard InChI is InChI=1S/C52H53N3O6S3/c56-46(57)23-14-6-4-2-1-3-5-7-15-30-53-50(61)48(64-52(53)62)51-54(34-47(58)59)49(60)45(63-51)33-36-26-29-44-42(32-36)40-21-16-22-43(40)55(44)39-27-24-35(25-28-39)31-41(37-17-10-8-11-18-37)38-19-12-9-13-20-38/h8-13,17-20,24-29,31-33,40,43H,1-7,14-16,21-23,30,34H2,(H,56,57)(H,58,59)/b45-33+,51-48+/t40-,43-/m1/s1. The summed E-state index contributed by atoms with van der Waals surface area (Å²) in [5.74, 6) is -1.84. The number of aliphatic carboxylic acids is 2. The van der Waals surface area contributed by atoms with E-state index in [1.54, 1.807) is 4.90 Å². The Kier molecular flexibility index (Phi) is 14.7. The molecule has 2 aliphatic heterocycles. The van der Waals surface area contributed by atoms with Gasteiger partial charge in [-0.25, -0.2) is 0 Å². The molecular weight excluding hydrogens is 859 g/mol. The first kappa shape index (κ1) is 45.0. The summed E-state index contributed by atoms with van der Waals surface area (Å²) in [6.45, 7) is -0.0880. The number of carbonyl (C=O) groups is 3.